The molecule has 3 aromatic heterocycles. The summed E-state index contributed by atoms with van der Waals surface area (Å²) in [5.74, 6) is 0.500. The van der Waals surface area contributed by atoms with Crippen LogP contribution in [0.25, 0.3) is 27.3 Å². The highest BCUT2D eigenvalue weighted by Crippen LogP contribution is 2.39. The number of aromatic nitrogens is 2. The quantitative estimate of drug-likeness (QED) is 0.453. The predicted octanol–water partition coefficient (Wildman–Crippen LogP) is 5.75. The first-order valence-electron chi connectivity index (χ1n) is 7.21. The van der Waals surface area contributed by atoms with Gasteiger partial charge in [0.25, 0.3) is 0 Å². The smallest absolute Gasteiger partial charge is 0.300 e. The van der Waals surface area contributed by atoms with E-state index >= 15 is 0 Å². The Morgan fingerprint density at radius 3 is 2.58 bits per heavy atom. The van der Waals surface area contributed by atoms with Crippen LogP contribution in [-0.4, -0.2) is 9.38 Å². The largest absolute Gasteiger partial charge is 0.416 e. The van der Waals surface area contributed by atoms with Crippen LogP contribution in [0.2, 0.25) is 0 Å². The molecule has 3 heterocycles. The summed E-state index contributed by atoms with van der Waals surface area (Å²) >= 11 is 1.49. The first kappa shape index (κ1) is 15.0. The molecule has 2 nitrogen and oxygen atoms in total. The second-order valence-corrected chi connectivity index (χ2v) is 6.26. The highest BCUT2D eigenvalue weighted by Gasteiger charge is 2.31. The van der Waals surface area contributed by atoms with Gasteiger partial charge in [-0.3, -0.25) is 4.40 Å². The normalized spacial score (nSPS) is 12.0. The van der Waals surface area contributed by atoms with Gasteiger partial charge in [0.1, 0.15) is 5.82 Å². The second-order valence-electron chi connectivity index (χ2n) is 5.31. The van der Waals surface area contributed by atoms with Crippen LogP contribution >= 0.6 is 11.3 Å². The van der Waals surface area contributed by atoms with E-state index in [0.29, 0.717) is 11.4 Å². The van der Waals surface area contributed by atoms with Gasteiger partial charge in [-0.1, -0.05) is 18.2 Å². The molecule has 0 bridgehead atoms. The van der Waals surface area contributed by atoms with E-state index in [-0.39, 0.29) is 0 Å². The molecule has 0 amide bonds. The summed E-state index contributed by atoms with van der Waals surface area (Å²) in [7, 11) is 0. The summed E-state index contributed by atoms with van der Waals surface area (Å²) in [5, 5.41) is 1.90. The van der Waals surface area contributed by atoms with Crippen molar-refractivity contribution in [3.05, 3.63) is 71.9 Å². The van der Waals surface area contributed by atoms with Gasteiger partial charge in [0, 0.05) is 22.2 Å². The first-order chi connectivity index (χ1) is 11.5. The lowest BCUT2D eigenvalue weighted by Crippen LogP contribution is -2.05. The van der Waals surface area contributed by atoms with E-state index in [1.807, 2.05) is 35.7 Å². The van der Waals surface area contributed by atoms with Crippen LogP contribution in [0.1, 0.15) is 5.56 Å². The zero-order valence-corrected chi connectivity index (χ0v) is 13.1. The van der Waals surface area contributed by atoms with Gasteiger partial charge in [-0.2, -0.15) is 13.2 Å². The van der Waals surface area contributed by atoms with Gasteiger partial charge in [-0.15, -0.1) is 11.3 Å². The third-order valence-electron chi connectivity index (χ3n) is 3.81. The standard InChI is InChI=1S/C18H11F3N2S/c19-18(20,21)12-6-7-14(16-5-3-9-24-16)15(10-12)17-22-11-13-4-1-2-8-23(13)17/h1-11H. The number of halogens is 3. The Kier molecular flexibility index (Phi) is 3.42. The van der Waals surface area contributed by atoms with Crippen molar-refractivity contribution >= 4 is 16.9 Å². The van der Waals surface area contributed by atoms with Gasteiger partial charge in [0.2, 0.25) is 0 Å². The number of nitrogens with zero attached hydrogens (tertiary/aromatic N) is 2. The fourth-order valence-electron chi connectivity index (χ4n) is 2.70. The first-order valence-corrected chi connectivity index (χ1v) is 8.09. The van der Waals surface area contributed by atoms with Crippen molar-refractivity contribution in [3.8, 4) is 21.8 Å². The van der Waals surface area contributed by atoms with Crippen LogP contribution in [0.3, 0.4) is 0 Å². The third kappa shape index (κ3) is 2.49. The van der Waals surface area contributed by atoms with Crippen LogP contribution in [0.5, 0.6) is 0 Å². The van der Waals surface area contributed by atoms with Crippen LogP contribution in [0.15, 0.2) is 66.3 Å². The molecule has 24 heavy (non-hydrogen) atoms. The number of hydrogen-bond donors (Lipinski definition) is 0. The highest BCUT2D eigenvalue weighted by atomic mass is 32.1. The Morgan fingerprint density at radius 2 is 1.83 bits per heavy atom. The van der Waals surface area contributed by atoms with Crippen molar-refractivity contribution in [1.29, 1.82) is 0 Å². The summed E-state index contributed by atoms with van der Waals surface area (Å²) in [5.41, 5.74) is 1.38. The van der Waals surface area contributed by atoms with Gasteiger partial charge in [-0.05, 0) is 35.7 Å². The maximum atomic E-state index is 13.2. The van der Waals surface area contributed by atoms with Crippen molar-refractivity contribution in [2.24, 2.45) is 0 Å². The molecule has 6 heteroatoms. The molecule has 0 aliphatic rings. The van der Waals surface area contributed by atoms with Gasteiger partial charge >= 0.3 is 6.18 Å². The summed E-state index contributed by atoms with van der Waals surface area (Å²) in [6, 6.07) is 13.2. The molecule has 120 valence electrons. The van der Waals surface area contributed by atoms with Crippen LogP contribution in [0.4, 0.5) is 13.2 Å². The van der Waals surface area contributed by atoms with Crippen molar-refractivity contribution in [3.63, 3.8) is 0 Å². The van der Waals surface area contributed by atoms with E-state index < -0.39 is 11.7 Å². The number of fused-ring (bicyclic) bond motifs is 1. The molecule has 0 fully saturated rings. The van der Waals surface area contributed by atoms with Crippen molar-refractivity contribution in [2.75, 3.05) is 0 Å². The monoisotopic (exact) mass is 344 g/mol. The Hall–Kier alpha value is -2.60. The number of thiophene rings is 1. The van der Waals surface area contributed by atoms with E-state index in [0.717, 1.165) is 22.0 Å². The van der Waals surface area contributed by atoms with E-state index in [2.05, 4.69) is 4.98 Å². The Balaban J connectivity index is 2.01. The summed E-state index contributed by atoms with van der Waals surface area (Å²) in [6.45, 7) is 0. The van der Waals surface area contributed by atoms with Crippen LogP contribution < -0.4 is 0 Å². The fourth-order valence-corrected chi connectivity index (χ4v) is 3.46. The minimum atomic E-state index is -4.39. The van der Waals surface area contributed by atoms with E-state index in [1.165, 1.54) is 23.5 Å². The number of rotatable bonds is 2. The molecule has 0 aliphatic heterocycles. The molecule has 0 saturated carbocycles. The van der Waals surface area contributed by atoms with E-state index in [9.17, 15) is 13.2 Å². The van der Waals surface area contributed by atoms with Gasteiger partial charge in [0.15, 0.2) is 0 Å². The minimum Gasteiger partial charge on any atom is -0.300 e. The summed E-state index contributed by atoms with van der Waals surface area (Å²) < 4.78 is 41.3. The number of pyridine rings is 1. The zero-order chi connectivity index (χ0) is 16.7. The maximum absolute atomic E-state index is 13.2. The molecule has 0 saturated heterocycles. The number of benzene rings is 1. The van der Waals surface area contributed by atoms with E-state index in [4.69, 9.17) is 0 Å². The molecular formula is C18H11F3N2S. The Labute approximate surface area is 139 Å². The average Bonchev–Trinajstić information content (AvgIpc) is 3.23. The van der Waals surface area contributed by atoms with Crippen LogP contribution in [0, 0.1) is 0 Å². The summed E-state index contributed by atoms with van der Waals surface area (Å²) in [6.07, 6.45) is -0.931. The molecule has 0 aliphatic carbocycles. The fraction of sp³-hybridized carbons (Fsp3) is 0.0556. The number of hydrogen-bond acceptors (Lipinski definition) is 2. The molecule has 0 N–H and O–H groups in total. The lowest BCUT2D eigenvalue weighted by molar-refractivity contribution is -0.137. The van der Waals surface area contributed by atoms with Crippen molar-refractivity contribution in [1.82, 2.24) is 9.38 Å². The SMILES string of the molecule is FC(F)(F)c1ccc(-c2cccs2)c(-c2ncc3ccccn23)c1. The molecule has 4 aromatic rings. The number of alkyl halides is 3. The highest BCUT2D eigenvalue weighted by molar-refractivity contribution is 7.13. The topological polar surface area (TPSA) is 17.3 Å². The molecule has 0 radical (unpaired) electrons. The maximum Gasteiger partial charge on any atom is 0.416 e. The van der Waals surface area contributed by atoms with Gasteiger partial charge in [0.05, 0.1) is 17.3 Å². The third-order valence-corrected chi connectivity index (χ3v) is 4.72. The molecule has 4 rings (SSSR count). The molecule has 0 unspecified atom stereocenters. The Bertz CT molecular complexity index is 1000. The van der Waals surface area contributed by atoms with Crippen molar-refractivity contribution < 1.29 is 13.2 Å². The number of imidazole rings is 1. The average molecular weight is 344 g/mol. The molecule has 1 aromatic carbocycles. The van der Waals surface area contributed by atoms with Gasteiger partial charge in [-0.25, -0.2) is 4.98 Å². The molecule has 0 spiro atoms. The Morgan fingerprint density at radius 1 is 0.958 bits per heavy atom. The molecular weight excluding hydrogens is 333 g/mol. The van der Waals surface area contributed by atoms with Crippen molar-refractivity contribution in [2.45, 2.75) is 6.18 Å². The second kappa shape index (κ2) is 5.49. The van der Waals surface area contributed by atoms with E-state index in [1.54, 1.807) is 16.8 Å². The lowest BCUT2D eigenvalue weighted by Gasteiger charge is -2.12. The lowest BCUT2D eigenvalue weighted by atomic mass is 10.0. The summed E-state index contributed by atoms with van der Waals surface area (Å²) in [4.78, 5) is 5.27. The minimum absolute atomic E-state index is 0.471. The van der Waals surface area contributed by atoms with Crippen LogP contribution in [-0.2, 0) is 6.18 Å². The van der Waals surface area contributed by atoms with Gasteiger partial charge < -0.3 is 0 Å². The predicted molar refractivity (Wildman–Crippen MR) is 88.9 cm³/mol. The molecule has 0 atom stereocenters. The zero-order valence-electron chi connectivity index (χ0n) is 12.3.